The summed E-state index contributed by atoms with van der Waals surface area (Å²) in [7, 11) is 0. The van der Waals surface area contributed by atoms with Gasteiger partial charge in [0.05, 0.1) is 22.9 Å². The molecule has 18 heavy (non-hydrogen) atoms. The van der Waals surface area contributed by atoms with Crippen LogP contribution < -0.4 is 0 Å². The van der Waals surface area contributed by atoms with Crippen molar-refractivity contribution >= 4 is 23.5 Å². The van der Waals surface area contributed by atoms with Gasteiger partial charge in [-0.25, -0.2) is 0 Å². The Morgan fingerprint density at radius 1 is 1.33 bits per heavy atom. The fourth-order valence-electron chi connectivity index (χ4n) is 2.80. The maximum Gasteiger partial charge on any atom is 0.0859 e. The fourth-order valence-corrected chi connectivity index (χ4v) is 4.74. The van der Waals surface area contributed by atoms with Gasteiger partial charge in [-0.2, -0.15) is 23.5 Å². The molecule has 108 valence electrons. The predicted molar refractivity (Wildman–Crippen MR) is 80.1 cm³/mol. The molecule has 0 aromatic heterocycles. The van der Waals surface area contributed by atoms with E-state index in [0.717, 1.165) is 6.42 Å². The van der Waals surface area contributed by atoms with E-state index < -0.39 is 6.10 Å². The van der Waals surface area contributed by atoms with Crippen molar-refractivity contribution in [2.75, 3.05) is 19.1 Å². The van der Waals surface area contributed by atoms with Gasteiger partial charge in [0, 0.05) is 12.5 Å². The predicted octanol–water partition coefficient (Wildman–Crippen LogP) is 2.21. The first-order valence-corrected chi connectivity index (χ1v) is 9.12. The third-order valence-corrected chi connectivity index (χ3v) is 6.70. The maximum absolute atomic E-state index is 9.98. The Morgan fingerprint density at radius 2 is 1.94 bits per heavy atom. The summed E-state index contributed by atoms with van der Waals surface area (Å²) in [5.41, 5.74) is 0. The summed E-state index contributed by atoms with van der Waals surface area (Å²) in [6.45, 7) is 4.45. The Bertz CT molecular complexity index is 236. The van der Waals surface area contributed by atoms with Crippen molar-refractivity contribution in [2.45, 2.75) is 49.6 Å². The van der Waals surface area contributed by atoms with Crippen LogP contribution in [0.2, 0.25) is 0 Å². The normalized spacial score (nSPS) is 34.8. The third kappa shape index (κ3) is 4.04. The van der Waals surface area contributed by atoms with E-state index in [1.165, 1.54) is 0 Å². The molecule has 0 amide bonds. The second-order valence-electron chi connectivity index (χ2n) is 5.13. The number of thioether (sulfide) groups is 2. The van der Waals surface area contributed by atoms with Crippen molar-refractivity contribution in [3.05, 3.63) is 0 Å². The van der Waals surface area contributed by atoms with E-state index in [0.29, 0.717) is 22.8 Å². The highest BCUT2D eigenvalue weighted by molar-refractivity contribution is 8.16. The lowest BCUT2D eigenvalue weighted by Crippen LogP contribution is -2.47. The lowest BCUT2D eigenvalue weighted by atomic mass is 9.85. The summed E-state index contributed by atoms with van der Waals surface area (Å²) >= 11 is 3.72. The summed E-state index contributed by atoms with van der Waals surface area (Å²) in [5.74, 6) is 0.811. The molecule has 0 aromatic rings. The zero-order chi connectivity index (χ0) is 13.7. The van der Waals surface area contributed by atoms with Crippen molar-refractivity contribution < 1.29 is 14.9 Å². The van der Waals surface area contributed by atoms with Gasteiger partial charge in [0.2, 0.25) is 0 Å². The highest BCUT2D eigenvalue weighted by Crippen LogP contribution is 2.37. The first kappa shape index (κ1) is 16.6. The molecule has 1 rings (SSSR count). The molecule has 1 fully saturated rings. The van der Waals surface area contributed by atoms with E-state index in [-0.39, 0.29) is 18.8 Å². The first-order valence-electron chi connectivity index (χ1n) is 6.55. The minimum absolute atomic E-state index is 0.0751. The number of aliphatic hydroxyl groups excluding tert-OH is 2. The molecule has 1 aliphatic rings. The minimum Gasteiger partial charge on any atom is -0.396 e. The summed E-state index contributed by atoms with van der Waals surface area (Å²) < 4.78 is 6.58. The highest BCUT2D eigenvalue weighted by atomic mass is 32.2. The van der Waals surface area contributed by atoms with Crippen LogP contribution in [0.4, 0.5) is 0 Å². The van der Waals surface area contributed by atoms with Gasteiger partial charge in [-0.3, -0.25) is 0 Å². The molecule has 0 radical (unpaired) electrons. The lowest BCUT2D eigenvalue weighted by Gasteiger charge is -2.42. The standard InChI is InChI=1S/C13H26O3S2/c1-8-7-10(15)11(5-6-14)16-12(8)9(2)13(17-3)18-4/h8-15H,5-7H2,1-4H3. The zero-order valence-corrected chi connectivity index (χ0v) is 13.3. The lowest BCUT2D eigenvalue weighted by molar-refractivity contribution is -0.160. The maximum atomic E-state index is 9.98. The van der Waals surface area contributed by atoms with Crippen LogP contribution in [0.1, 0.15) is 26.7 Å². The van der Waals surface area contributed by atoms with Gasteiger partial charge < -0.3 is 14.9 Å². The van der Waals surface area contributed by atoms with Crippen molar-refractivity contribution in [1.29, 1.82) is 0 Å². The van der Waals surface area contributed by atoms with E-state index in [1.807, 2.05) is 23.5 Å². The molecule has 1 heterocycles. The molecular weight excluding hydrogens is 268 g/mol. The Balaban J connectivity index is 2.68. The SMILES string of the molecule is CSC(SC)C(C)C1OC(CCO)C(O)CC1C. The molecule has 0 spiro atoms. The molecule has 0 bridgehead atoms. The van der Waals surface area contributed by atoms with Gasteiger partial charge in [0.15, 0.2) is 0 Å². The smallest absolute Gasteiger partial charge is 0.0859 e. The molecule has 5 unspecified atom stereocenters. The quantitative estimate of drug-likeness (QED) is 0.736. The fraction of sp³-hybridized carbons (Fsp3) is 1.00. The Labute approximate surface area is 119 Å². The van der Waals surface area contributed by atoms with Crippen LogP contribution in [-0.4, -0.2) is 52.2 Å². The van der Waals surface area contributed by atoms with Gasteiger partial charge in [0.1, 0.15) is 0 Å². The molecule has 0 saturated carbocycles. The van der Waals surface area contributed by atoms with E-state index >= 15 is 0 Å². The van der Waals surface area contributed by atoms with E-state index in [9.17, 15) is 5.11 Å². The molecular formula is C13H26O3S2. The summed E-state index contributed by atoms with van der Waals surface area (Å²) in [5, 5.41) is 19.0. The Hall–Kier alpha value is 0.580. The zero-order valence-electron chi connectivity index (χ0n) is 11.7. The summed E-state index contributed by atoms with van der Waals surface area (Å²) in [6.07, 6.45) is 5.10. The van der Waals surface area contributed by atoms with Crippen LogP contribution in [0, 0.1) is 11.8 Å². The second-order valence-corrected chi connectivity index (χ2v) is 7.39. The van der Waals surface area contributed by atoms with Gasteiger partial charge >= 0.3 is 0 Å². The number of hydrogen-bond donors (Lipinski definition) is 2. The molecule has 3 nitrogen and oxygen atoms in total. The average molecular weight is 294 g/mol. The van der Waals surface area contributed by atoms with Crippen molar-refractivity contribution in [1.82, 2.24) is 0 Å². The molecule has 0 aromatic carbocycles. The van der Waals surface area contributed by atoms with E-state index in [1.54, 1.807) is 0 Å². The molecule has 5 atom stereocenters. The van der Waals surface area contributed by atoms with Crippen molar-refractivity contribution in [2.24, 2.45) is 11.8 Å². The van der Waals surface area contributed by atoms with Crippen LogP contribution in [-0.2, 0) is 4.74 Å². The molecule has 1 saturated heterocycles. The average Bonchev–Trinajstić information content (AvgIpc) is 2.34. The van der Waals surface area contributed by atoms with Gasteiger partial charge in [-0.05, 0) is 31.3 Å². The summed E-state index contributed by atoms with van der Waals surface area (Å²) in [4.78, 5) is 0. The molecule has 1 aliphatic heterocycles. The number of ether oxygens (including phenoxy) is 1. The second kappa shape index (κ2) is 8.00. The summed E-state index contributed by atoms with van der Waals surface area (Å²) in [6, 6.07) is 0. The number of rotatable bonds is 6. The Kier molecular flexibility index (Phi) is 7.39. The number of aliphatic hydroxyl groups is 2. The third-order valence-electron chi connectivity index (χ3n) is 3.76. The van der Waals surface area contributed by atoms with Gasteiger partial charge in [-0.15, -0.1) is 0 Å². The Morgan fingerprint density at radius 3 is 2.44 bits per heavy atom. The highest BCUT2D eigenvalue weighted by Gasteiger charge is 2.39. The molecule has 5 heteroatoms. The molecule has 2 N–H and O–H groups in total. The first-order chi connectivity index (χ1) is 8.54. The van der Waals surface area contributed by atoms with Crippen LogP contribution in [0.5, 0.6) is 0 Å². The van der Waals surface area contributed by atoms with Crippen LogP contribution in [0.25, 0.3) is 0 Å². The van der Waals surface area contributed by atoms with Crippen molar-refractivity contribution in [3.8, 4) is 0 Å². The van der Waals surface area contributed by atoms with Crippen LogP contribution >= 0.6 is 23.5 Å². The largest absolute Gasteiger partial charge is 0.396 e. The van der Waals surface area contributed by atoms with Gasteiger partial charge in [0.25, 0.3) is 0 Å². The molecule has 0 aliphatic carbocycles. The van der Waals surface area contributed by atoms with Gasteiger partial charge in [-0.1, -0.05) is 13.8 Å². The van der Waals surface area contributed by atoms with Crippen LogP contribution in [0.3, 0.4) is 0 Å². The topological polar surface area (TPSA) is 49.7 Å². The van der Waals surface area contributed by atoms with Crippen LogP contribution in [0.15, 0.2) is 0 Å². The van der Waals surface area contributed by atoms with E-state index in [2.05, 4.69) is 26.4 Å². The number of hydrogen-bond acceptors (Lipinski definition) is 5. The van der Waals surface area contributed by atoms with Crippen molar-refractivity contribution in [3.63, 3.8) is 0 Å². The van der Waals surface area contributed by atoms with E-state index in [4.69, 9.17) is 9.84 Å². The minimum atomic E-state index is -0.433. The monoisotopic (exact) mass is 294 g/mol.